The zero-order valence-corrected chi connectivity index (χ0v) is 97.8. The summed E-state index contributed by atoms with van der Waals surface area (Å²) in [7, 11) is 15.1. The molecule has 2 heterocycles. The third-order valence-electron chi connectivity index (χ3n) is 32.1. The van der Waals surface area contributed by atoms with Crippen LogP contribution < -0.4 is 41.0 Å². The molecule has 3 amide bonds. The Kier molecular flexibility index (Phi) is 48.5. The summed E-state index contributed by atoms with van der Waals surface area (Å²) < 4.78 is 30.5. The molecule has 2 radical (unpaired) electrons. The number of aromatic carboxylic acids is 1. The molecule has 6 saturated carbocycles. The van der Waals surface area contributed by atoms with Gasteiger partial charge in [0.1, 0.15) is 35.8 Å². The SMILES string of the molecule is C.CCN(CC)CC.CN(C)C[C@@H](N)Cc1ccccc1.COc1c(CN2O[C@@H](CO)[C@@H]([C@H](C)O)[C@H]2C(=O)N[C@H]2C[C@H]3C[C@@H]([C@@H]2C)C3(C)C)cccc1-c1cc(C(=O)N[C@@H](Cc2ccccc2)CN(C)C)cc(N(C)CCO[Si](C)(C)C(C)(C)C)c1.COc1c(CN2O[C@@H](CO)[C@@H]([C@H](C)O)[C@H]2C(=O)N[C@H]2C[C@H]3C[C@@H]([C@@H]2C)C3(C)C)cccc1-c1cc(C(=O)O)cc(N(C)CCO[Si](C)(C)C(C)(C)C)c1.S.[3H][B].[U]. The second-order valence-corrected chi connectivity index (χ2v) is 54.4. The van der Waals surface area contributed by atoms with Crippen LogP contribution in [0.5, 0.6) is 11.5 Å². The average Bonchev–Trinajstić information content (AvgIpc) is 1.03. The van der Waals surface area contributed by atoms with Crippen molar-refractivity contribution in [3.63, 3.8) is 0 Å². The van der Waals surface area contributed by atoms with Crippen LogP contribution in [0, 0.1) is 89.3 Å². The van der Waals surface area contributed by atoms with Crippen LogP contribution in [0.25, 0.3) is 22.3 Å². The predicted octanol–water partition coefficient (Wildman–Crippen LogP) is 16.1. The number of nitrogens with zero attached hydrogens (tertiary/aromatic N) is 7. The zero-order chi connectivity index (χ0) is 104. The van der Waals surface area contributed by atoms with Gasteiger partial charge in [-0.3, -0.25) is 24.1 Å². The van der Waals surface area contributed by atoms with Gasteiger partial charge in [0, 0.05) is 155 Å². The van der Waals surface area contributed by atoms with Crippen LogP contribution in [0.3, 0.4) is 0 Å². The molecule has 8 aliphatic rings. The van der Waals surface area contributed by atoms with Crippen LogP contribution in [0.1, 0.15) is 194 Å². The molecule has 26 nitrogen and oxygen atoms in total. The molecule has 10 N–H and O–H groups in total. The maximum atomic E-state index is 14.5. The van der Waals surface area contributed by atoms with Gasteiger partial charge in [-0.1, -0.05) is 208 Å². The van der Waals surface area contributed by atoms with E-state index in [-0.39, 0.29) is 147 Å². The van der Waals surface area contributed by atoms with Crippen LogP contribution in [0.15, 0.2) is 133 Å². The molecule has 6 aromatic carbocycles. The van der Waals surface area contributed by atoms with E-state index in [0.29, 0.717) is 109 Å². The number of ether oxygens (including phenoxy) is 2. The second-order valence-electron chi connectivity index (χ2n) is 44.8. The minimum atomic E-state index is -1.99. The Bertz CT molecular complexity index is 4900. The number of hydrogen-bond donors (Lipinski definition) is 9. The Morgan fingerprint density at radius 3 is 1.27 bits per heavy atom. The molecule has 8 fully saturated rings. The van der Waals surface area contributed by atoms with Crippen molar-refractivity contribution in [1.29, 1.82) is 1.34 Å². The summed E-state index contributed by atoms with van der Waals surface area (Å²) in [5, 5.41) is 66.4. The molecule has 6 aliphatic carbocycles. The number of aliphatic hydroxyl groups is 4. The molecule has 14 rings (SSSR count). The Morgan fingerprint density at radius 2 is 0.944 bits per heavy atom. The molecule has 2 saturated heterocycles. The summed E-state index contributed by atoms with van der Waals surface area (Å²) in [5.41, 5.74) is 15.6. The number of likely N-dealkylation sites (N-methyl/N-ethyl adjacent to an activating group) is 4. The molecular formula is C111H182BN11O15SSi2U. The topological polar surface area (TPSA) is 310 Å². The van der Waals surface area contributed by atoms with Gasteiger partial charge in [0.15, 0.2) is 16.6 Å². The first-order valence-electron chi connectivity index (χ1n) is 51.2. The van der Waals surface area contributed by atoms with E-state index in [2.05, 4.69) is 216 Å². The van der Waals surface area contributed by atoms with Crippen molar-refractivity contribution in [1.82, 2.24) is 40.8 Å². The quantitative estimate of drug-likeness (QED) is 0.0161. The first kappa shape index (κ1) is 124. The Balaban J connectivity index is 0.000000412. The molecule has 6 aromatic rings. The molecule has 792 valence electrons. The summed E-state index contributed by atoms with van der Waals surface area (Å²) in [6, 6.07) is 41.7. The molecule has 0 unspecified atom stereocenters. The number of carbonyl (C=O) groups excluding carboxylic acids is 3. The van der Waals surface area contributed by atoms with Crippen molar-refractivity contribution in [2.45, 2.75) is 274 Å². The molecule has 18 atom stereocenters. The smallest absolute Gasteiger partial charge is 0.335 e. The minimum absolute atomic E-state index is 0. The van der Waals surface area contributed by atoms with E-state index in [0.717, 1.165) is 59.4 Å². The standard InChI is InChI=1S/C52H79N5O7Si.C41H63N3O8Si.C11H18N2.C6H15N.CH4.BH.H2S.U/c1-33-43-28-39(52(43,6)7)29-44(33)54-50(61)47-46(34(2)59)45(32-58)64-57(47)30-36-20-17-21-42(48(36)62-11)37-25-38(27-41(26-37)56(10)22-23-63-65(12,13)51(3,4)5)49(60)53-40(31-55(8)9)24-35-18-15-14-16-19-35;1-24-32-20-29(41(32,6)7)21-33(24)42-38(47)36-35(25(2)46)34(23-45)52-44(36)22-26-13-12-14-31(37(26)50-9)27-17-28(39(48)49)19-30(18-27)43(8)15-16-51-53(10,11)40(3,4)5;1-13(2)9-11(12)8-10-6-4-3-5-7-10;1-4-7(5-2)6-3;;;;/h14-21,25-27,33-34,39-40,43-47,58-59H,22-24,28-32H2,1-13H3,(H,53,60)(H,54,61);12-14,17-19,24-25,29,32-36,45-46H,15-16,20-23H2,1-11H3,(H,42,47)(H,48,49);3-7,11H,8-9,12H2,1-2H3;4-6H2,1-3H3;1H4;1H;1H2;/t33-,34-,39+,40-,43-,44-,45-,46+,47-;24-,25-,29+,32-,33-,34-,35+,36-;11-;;;;;/m000...../s1/i;;;;;1T;;. The fourth-order valence-electron chi connectivity index (χ4n) is 21.3. The normalized spacial score (nSPS) is 23.5. The second kappa shape index (κ2) is 55.3. The van der Waals surface area contributed by atoms with Crippen LogP contribution in [0.4, 0.5) is 11.4 Å². The number of methoxy groups -OCH3 is 2. The number of carbonyl (C=O) groups is 4. The van der Waals surface area contributed by atoms with Gasteiger partial charge in [-0.05, 0) is 243 Å². The number of hydrogen-bond acceptors (Lipinski definition) is 22. The van der Waals surface area contributed by atoms with E-state index in [1.807, 2.05) is 126 Å². The monoisotopic (exact) mass is 2250 g/mol. The third-order valence-corrected chi connectivity index (χ3v) is 41.2. The van der Waals surface area contributed by atoms with Crippen molar-refractivity contribution in [3.8, 4) is 33.8 Å². The number of para-hydroxylation sites is 2. The Hall–Kier alpha value is -6.26. The first-order valence-corrected chi connectivity index (χ1v) is 56.4. The number of carboxylic acids is 1. The van der Waals surface area contributed by atoms with Crippen molar-refractivity contribution in [2.24, 2.45) is 63.9 Å². The molecule has 142 heavy (non-hydrogen) atoms. The molecule has 4 bridgehead atoms. The molecule has 0 spiro atoms. The van der Waals surface area contributed by atoms with E-state index in [9.17, 15) is 44.7 Å². The summed E-state index contributed by atoms with van der Waals surface area (Å²) in [4.78, 5) is 78.8. The number of anilines is 2. The van der Waals surface area contributed by atoms with Gasteiger partial charge >= 0.3 is 5.97 Å². The van der Waals surface area contributed by atoms with Crippen LogP contribution in [-0.4, -0.2) is 290 Å². The van der Waals surface area contributed by atoms with E-state index < -0.39 is 70.9 Å². The minimum Gasteiger partial charge on any atom is -0.496 e. The van der Waals surface area contributed by atoms with E-state index in [4.69, 9.17) is 35.1 Å². The molecular weight excluding hydrogens is 2060 g/mol. The van der Waals surface area contributed by atoms with Gasteiger partial charge in [0.2, 0.25) is 11.8 Å². The Labute approximate surface area is 889 Å². The first-order chi connectivity index (χ1) is 65.8. The maximum absolute atomic E-state index is 14.5. The number of benzene rings is 6. The fourth-order valence-corrected chi connectivity index (χ4v) is 23.4. The van der Waals surface area contributed by atoms with Gasteiger partial charge in [0.05, 0.1) is 71.5 Å². The maximum Gasteiger partial charge on any atom is 0.335 e. The summed E-state index contributed by atoms with van der Waals surface area (Å²) >= 11 is 0. The fraction of sp³-hybridized carbons (Fsp3) is 0.640. The van der Waals surface area contributed by atoms with Crippen molar-refractivity contribution in [2.75, 3.05) is 139 Å². The van der Waals surface area contributed by atoms with E-state index in [1.165, 1.54) is 38.0 Å². The summed E-state index contributed by atoms with van der Waals surface area (Å²) in [6.07, 6.45) is 2.48. The third kappa shape index (κ3) is 31.9. The zero-order valence-electron chi connectivity index (χ0n) is 91.6. The molecule has 0 aromatic heterocycles. The van der Waals surface area contributed by atoms with Crippen LogP contribution >= 0.6 is 13.5 Å². The van der Waals surface area contributed by atoms with Gasteiger partial charge in [-0.2, -0.15) is 23.6 Å². The number of amides is 3. The van der Waals surface area contributed by atoms with Crippen molar-refractivity contribution >= 4 is 73.6 Å². The number of carboxylic acid groups (broad SMARTS) is 1. The molecule has 31 heteroatoms. The van der Waals surface area contributed by atoms with Crippen molar-refractivity contribution < 1.29 is 104 Å². The van der Waals surface area contributed by atoms with Gasteiger partial charge in [-0.25, -0.2) is 4.79 Å². The van der Waals surface area contributed by atoms with Crippen molar-refractivity contribution in [3.05, 3.63) is 167 Å². The van der Waals surface area contributed by atoms with E-state index in [1.54, 1.807) is 50.3 Å². The number of nitrogens with one attached hydrogen (secondary N) is 3. The summed E-state index contributed by atoms with van der Waals surface area (Å²) in [6.45, 7) is 52.9. The van der Waals surface area contributed by atoms with Gasteiger partial charge in [0.25, 0.3) is 5.91 Å². The van der Waals surface area contributed by atoms with Gasteiger partial charge in [-0.15, -0.1) is 0 Å². The largest absolute Gasteiger partial charge is 0.496 e. The average molecular weight is 2250 g/mol. The van der Waals surface area contributed by atoms with Crippen LogP contribution in [0.2, 0.25) is 36.3 Å². The number of fused-ring (bicyclic) bond motifs is 4. The summed E-state index contributed by atoms with van der Waals surface area (Å²) in [5.74, 6) is 0.955. The number of hydroxylamine groups is 4. The number of rotatable bonds is 40. The number of aliphatic hydroxyl groups excluding tert-OH is 4. The van der Waals surface area contributed by atoms with Crippen LogP contribution in [-0.2, 0) is 54.0 Å². The van der Waals surface area contributed by atoms with E-state index >= 15 is 0 Å². The van der Waals surface area contributed by atoms with Gasteiger partial charge < -0.3 is 90.0 Å². The molecule has 2 aliphatic heterocycles. The predicted molar refractivity (Wildman–Crippen MR) is 586 cm³/mol. The number of nitrogens with two attached hydrogens (primary N) is 1. The Morgan fingerprint density at radius 1 is 0.570 bits per heavy atom.